The van der Waals surface area contributed by atoms with Gasteiger partial charge in [0.1, 0.15) is 76.7 Å². The summed E-state index contributed by atoms with van der Waals surface area (Å²) in [7, 11) is -42.7. The minimum absolute atomic E-state index is 0. The van der Waals surface area contributed by atoms with Crippen LogP contribution >= 0.6 is 23.2 Å². The van der Waals surface area contributed by atoms with E-state index in [0.717, 1.165) is 60.7 Å². The number of azo groups is 2. The molecule has 0 bridgehead atoms. The summed E-state index contributed by atoms with van der Waals surface area (Å²) in [5, 5.41) is 50.6. The van der Waals surface area contributed by atoms with Crippen LogP contribution < -0.4 is 238 Å². The van der Waals surface area contributed by atoms with E-state index in [0.29, 0.717) is 36.4 Å². The van der Waals surface area contributed by atoms with E-state index in [-0.39, 0.29) is 299 Å². The summed E-state index contributed by atoms with van der Waals surface area (Å²) >= 11 is 12.4. The van der Waals surface area contributed by atoms with Crippen molar-refractivity contribution >= 4 is 195 Å². The van der Waals surface area contributed by atoms with E-state index < -0.39 is 165 Å². The van der Waals surface area contributed by atoms with Crippen LogP contribution in [0.2, 0.25) is 10.6 Å². The van der Waals surface area contributed by atoms with Gasteiger partial charge in [-0.25, -0.2) is 52.1 Å². The van der Waals surface area contributed by atoms with Gasteiger partial charge < -0.3 is 54.2 Å². The quantitative estimate of drug-likeness (QED) is 0.0128. The van der Waals surface area contributed by atoms with Gasteiger partial charge in [-0.2, -0.15) is 45.2 Å². The molecule has 111 heavy (non-hydrogen) atoms. The fourth-order valence-electron chi connectivity index (χ4n) is 9.34. The first kappa shape index (κ1) is 102. The summed E-state index contributed by atoms with van der Waals surface area (Å²) < 4.78 is 285. The van der Waals surface area contributed by atoms with Crippen LogP contribution in [0, 0.1) is 0 Å². The van der Waals surface area contributed by atoms with Crippen LogP contribution in [0.25, 0.3) is 33.7 Å². The molecular formula is C54H33Cl2N14Na7O26S8. The first-order valence-electron chi connectivity index (χ1n) is 27.4. The van der Waals surface area contributed by atoms with Crippen LogP contribution in [0.5, 0.6) is 11.5 Å². The van der Waals surface area contributed by atoms with E-state index >= 15 is 0 Å². The second-order valence-corrected chi connectivity index (χ2v) is 32.5. The smallest absolute Gasteiger partial charge is 0.871 e. The van der Waals surface area contributed by atoms with Crippen LogP contribution in [-0.4, -0.2) is 134 Å². The molecule has 0 aliphatic carbocycles. The maximum atomic E-state index is 13.8. The van der Waals surface area contributed by atoms with Crippen molar-refractivity contribution in [1.29, 1.82) is 0 Å². The number of fused-ring (bicyclic) bond motifs is 2. The van der Waals surface area contributed by atoms with Crippen LogP contribution in [-0.2, 0) is 94.0 Å². The molecule has 0 atom stereocenters. The van der Waals surface area contributed by atoms with E-state index in [4.69, 9.17) is 23.2 Å². The Balaban J connectivity index is 0.00000456. The normalized spacial score (nSPS) is 12.2. The minimum Gasteiger partial charge on any atom is -0.871 e. The van der Waals surface area contributed by atoms with Crippen molar-refractivity contribution in [2.75, 3.05) is 21.3 Å². The molecule has 544 valence electrons. The van der Waals surface area contributed by atoms with Gasteiger partial charge in [-0.3, -0.25) is 13.7 Å². The van der Waals surface area contributed by atoms with Gasteiger partial charge in [-0.1, -0.05) is 47.9 Å². The van der Waals surface area contributed by atoms with Gasteiger partial charge in [0.05, 0.1) is 48.9 Å². The number of hydrogen-bond donors (Lipinski definition) is 7. The molecular weight excluding hydrogens is 1750 g/mol. The van der Waals surface area contributed by atoms with Crippen molar-refractivity contribution < 1.29 is 321 Å². The number of rotatable bonds is 24. The predicted octanol–water partition coefficient (Wildman–Crippen LogP) is -15.2. The second kappa shape index (κ2) is 40.1. The molecule has 10 aromatic rings. The molecule has 0 radical (unpaired) electrons. The third kappa shape index (κ3) is 26.2. The Kier molecular flexibility index (Phi) is 36.9. The molecule has 0 aliphatic heterocycles. The first-order valence-corrected chi connectivity index (χ1v) is 39.5. The Hall–Kier alpha value is -3.10. The molecule has 8 aromatic carbocycles. The number of hydrogen-bond acceptors (Lipinski definition) is 37. The number of nitrogens with one attached hydrogen (secondary N) is 4. The van der Waals surface area contributed by atoms with Crippen molar-refractivity contribution in [3.8, 4) is 11.5 Å². The zero-order chi connectivity index (χ0) is 76.2. The van der Waals surface area contributed by atoms with Crippen molar-refractivity contribution in [2.24, 2.45) is 20.5 Å². The average Bonchev–Trinajstić information content (AvgIpc) is 0.773. The molecule has 2 heterocycles. The predicted molar refractivity (Wildman–Crippen MR) is 350 cm³/mol. The number of aromatic nitrogens is 6. The van der Waals surface area contributed by atoms with Crippen LogP contribution in [0.1, 0.15) is 22.8 Å². The number of halogens is 2. The van der Waals surface area contributed by atoms with E-state index in [2.05, 4.69) is 71.6 Å². The molecule has 0 unspecified atom stereocenters. The second-order valence-electron chi connectivity index (χ2n) is 20.8. The Morgan fingerprint density at radius 1 is 0.360 bits per heavy atom. The monoisotopic (exact) mass is 1780 g/mol. The fourth-order valence-corrected chi connectivity index (χ4v) is 14.6. The Labute approximate surface area is 793 Å². The molecule has 40 nitrogen and oxygen atoms in total. The zero-order valence-corrected chi connectivity index (χ0v) is 79.4. The molecule has 0 amide bonds. The van der Waals surface area contributed by atoms with Gasteiger partial charge in [0.25, 0.3) is 30.4 Å². The third-order valence-corrected chi connectivity index (χ3v) is 21.2. The molecule has 7 N–H and O–H groups in total. The van der Waals surface area contributed by atoms with Crippen molar-refractivity contribution in [2.45, 2.75) is 52.3 Å². The maximum absolute atomic E-state index is 13.8. The zero-order valence-electron chi connectivity index (χ0n) is 57.3. The maximum Gasteiger partial charge on any atom is 1.00 e. The molecule has 0 spiro atoms. The van der Waals surface area contributed by atoms with Crippen LogP contribution in [0.3, 0.4) is 0 Å². The van der Waals surface area contributed by atoms with Gasteiger partial charge in [-0.15, -0.1) is 20.5 Å². The summed E-state index contributed by atoms with van der Waals surface area (Å²) in [6.07, 6.45) is 2.04. The topological polar surface area (TPSA) is 670 Å². The van der Waals surface area contributed by atoms with Crippen molar-refractivity contribution in [3.63, 3.8) is 0 Å². The SMILES string of the molecule is O=S(=O)([O-])c1ccc(S(=O)(=O)[O-])c(N=Nc2c(S(=O)(=O)O)cc3ccc(NCc4nc(Cl)nc(Nc5ccc(/C=C/c6ccc(Nc7nc(Cl)nc(CNc8ccc9cc(S(=O)(=O)O)c(N=Nc%10cc(S(=O)(=O)[O-])ccc%10S(=O)(=O)[O-])c([O-])c9c8)n7)cc6S(=O)(=O)O)c(S(=O)(=O)[O-])c5)n4)cc3c2[O-])c1.[Na+].[Na+].[Na+].[Na+].[Na+].[Na+].[Na+]. The third-order valence-electron chi connectivity index (χ3n) is 13.9. The molecule has 0 saturated heterocycles. The van der Waals surface area contributed by atoms with Gasteiger partial charge in [0.2, 0.25) is 22.5 Å². The van der Waals surface area contributed by atoms with Gasteiger partial charge in [0, 0.05) is 22.7 Å². The first-order chi connectivity index (χ1) is 48.2. The summed E-state index contributed by atoms with van der Waals surface area (Å²) in [6.45, 7) is -0.695. The number of anilines is 6. The molecule has 10 rings (SSSR count). The number of benzene rings is 8. The Morgan fingerprint density at radius 3 is 1.03 bits per heavy atom. The van der Waals surface area contributed by atoms with E-state index in [1.165, 1.54) is 36.4 Å². The average molecular weight is 1780 g/mol. The standard InChI is InChI=1S/C54H40Cl2N14O26S8.7Na/c55-51-61-45(23-57-29-7-5-27-15-43(103(91,92)93)47(49(71)35(27)17-29)69-67-37-21-33(97(73,74)75)11-13-39(37)99(79,80)81)63-53(65-51)59-31-9-3-25(41(19-31)101(85,86)87)1-2-26-4-10-32(20-42(26)102(88,89)90)60-54-64-46(62-52(56)66-54)24-58-30-8-6-28-16-44(104(94,95)96)48(50(72)36(28)18-30)70-68-38-22-34(98(76,77)78)12-14-40(38)100(82,83)84;;;;;;;/h1-22,57-58,71-72H,23-24H2,(H,73,74,75)(H,76,77,78)(H,79,80,81)(H,82,83,84)(H,85,86,87)(H,88,89,90)(H,91,92,93)(H,94,95,96)(H,59,61,63,65)(H,60,62,64,66);;;;;;;/q;7*+1/p-7/b2-1+,69-67?,70-68?;;;;;;;. The fraction of sp³-hybridized carbons (Fsp3) is 0.0370. The summed E-state index contributed by atoms with van der Waals surface area (Å²) in [5.41, 5.74) is -5.22. The molecule has 0 fully saturated rings. The van der Waals surface area contributed by atoms with Crippen LogP contribution in [0.4, 0.5) is 57.4 Å². The van der Waals surface area contributed by atoms with E-state index in [1.807, 2.05) is 0 Å². The number of nitrogens with zero attached hydrogens (tertiary/aromatic N) is 10. The Morgan fingerprint density at radius 2 is 0.694 bits per heavy atom. The van der Waals surface area contributed by atoms with Gasteiger partial charge in [0.15, 0.2) is 11.6 Å². The van der Waals surface area contributed by atoms with Gasteiger partial charge in [-0.05, 0) is 153 Å². The van der Waals surface area contributed by atoms with E-state index in [1.54, 1.807) is 0 Å². The Bertz CT molecular complexity index is 6040. The molecule has 2 aromatic heterocycles. The summed E-state index contributed by atoms with van der Waals surface area (Å²) in [6, 6.07) is 17.8. The summed E-state index contributed by atoms with van der Waals surface area (Å²) in [4.78, 5) is 15.7. The van der Waals surface area contributed by atoms with Gasteiger partial charge >= 0.3 is 207 Å². The van der Waals surface area contributed by atoms with E-state index in [9.17, 15) is 114 Å². The minimum atomic E-state index is -5.46. The van der Waals surface area contributed by atoms with Crippen LogP contribution in [0.15, 0.2) is 181 Å². The van der Waals surface area contributed by atoms with Crippen molar-refractivity contribution in [1.82, 2.24) is 29.9 Å². The van der Waals surface area contributed by atoms with Crippen molar-refractivity contribution in [3.05, 3.63) is 155 Å². The molecule has 57 heteroatoms. The summed E-state index contributed by atoms with van der Waals surface area (Å²) in [5.74, 6) is -3.52. The molecule has 0 saturated carbocycles. The molecule has 0 aliphatic rings. The largest absolute Gasteiger partial charge is 1.00 e.